The molecule has 6 nitrogen and oxygen atoms in total. The number of ketones is 1. The van der Waals surface area contributed by atoms with Gasteiger partial charge in [-0.25, -0.2) is 0 Å². The highest BCUT2D eigenvalue weighted by molar-refractivity contribution is 14.1. The molecule has 2 unspecified atom stereocenters. The monoisotopic (exact) mass is 575 g/mol. The van der Waals surface area contributed by atoms with Crippen molar-refractivity contribution in [3.05, 3.63) is 115 Å². The molecule has 1 aliphatic heterocycles. The standard InChI is InChI=1S/C25H19ClINO5/c1-2-7-17-10-6-11-19-22(17)33-24(25(26,23(19)29)28(30)31)18-12-13-21(20(27)14-18)32-15-16-8-4-3-5-9-16/h2-6,8-14,24H,1,7,15H2. The number of para-hydroxylation sites is 1. The fourth-order valence-electron chi connectivity index (χ4n) is 3.72. The van der Waals surface area contributed by atoms with Crippen LogP contribution in [-0.2, 0) is 13.0 Å². The van der Waals surface area contributed by atoms with Gasteiger partial charge in [-0.1, -0.05) is 54.6 Å². The number of fused-ring (bicyclic) bond motifs is 1. The van der Waals surface area contributed by atoms with E-state index in [9.17, 15) is 14.9 Å². The van der Waals surface area contributed by atoms with Gasteiger partial charge in [-0.2, -0.15) is 0 Å². The van der Waals surface area contributed by atoms with E-state index in [2.05, 4.69) is 29.2 Å². The number of carbonyl (C=O) groups excluding carboxylic acids is 1. The van der Waals surface area contributed by atoms with E-state index < -0.39 is 21.8 Å². The summed E-state index contributed by atoms with van der Waals surface area (Å²) in [6.45, 7) is 4.11. The Morgan fingerprint density at radius 3 is 2.61 bits per heavy atom. The topological polar surface area (TPSA) is 78.7 Å². The van der Waals surface area contributed by atoms with Crippen LogP contribution in [0.15, 0.2) is 79.4 Å². The normalized spacial score (nSPS) is 19.3. The highest BCUT2D eigenvalue weighted by Gasteiger charge is 2.62. The van der Waals surface area contributed by atoms with Crippen molar-refractivity contribution in [3.63, 3.8) is 0 Å². The number of rotatable bonds is 7. The minimum Gasteiger partial charge on any atom is -0.488 e. The number of carbonyl (C=O) groups is 1. The average molecular weight is 576 g/mol. The van der Waals surface area contributed by atoms with Crippen molar-refractivity contribution in [2.24, 2.45) is 0 Å². The third kappa shape index (κ3) is 4.35. The third-order valence-corrected chi connectivity index (χ3v) is 6.72. The summed E-state index contributed by atoms with van der Waals surface area (Å²) in [7, 11) is 0. The lowest BCUT2D eigenvalue weighted by atomic mass is 9.89. The van der Waals surface area contributed by atoms with E-state index in [1.165, 1.54) is 6.07 Å². The number of allylic oxidation sites excluding steroid dienone is 1. The van der Waals surface area contributed by atoms with Crippen LogP contribution in [0.2, 0.25) is 0 Å². The van der Waals surface area contributed by atoms with Crippen LogP contribution in [0.1, 0.15) is 33.2 Å². The number of hydrogen-bond donors (Lipinski definition) is 0. The van der Waals surface area contributed by atoms with Crippen molar-refractivity contribution >= 4 is 40.0 Å². The summed E-state index contributed by atoms with van der Waals surface area (Å²) in [6, 6.07) is 19.7. The zero-order valence-electron chi connectivity index (χ0n) is 17.4. The van der Waals surface area contributed by atoms with Crippen LogP contribution in [-0.4, -0.2) is 15.7 Å². The van der Waals surface area contributed by atoms with Gasteiger partial charge in [0.1, 0.15) is 18.1 Å². The molecule has 8 heteroatoms. The minimum atomic E-state index is -2.49. The van der Waals surface area contributed by atoms with Gasteiger partial charge in [-0.3, -0.25) is 14.9 Å². The molecule has 4 rings (SSSR count). The first-order valence-corrected chi connectivity index (χ1v) is 11.6. The molecule has 0 radical (unpaired) electrons. The Kier molecular flexibility index (Phi) is 6.71. The summed E-state index contributed by atoms with van der Waals surface area (Å²) < 4.78 is 12.7. The van der Waals surface area contributed by atoms with Gasteiger partial charge >= 0.3 is 5.00 Å². The van der Waals surface area contributed by atoms with Crippen molar-refractivity contribution in [1.29, 1.82) is 0 Å². The molecule has 168 valence electrons. The predicted molar refractivity (Wildman–Crippen MR) is 134 cm³/mol. The second-order valence-corrected chi connectivity index (χ2v) is 9.25. The van der Waals surface area contributed by atoms with E-state index in [-0.39, 0.29) is 5.56 Å². The number of nitrogens with zero attached hydrogens (tertiary/aromatic N) is 1. The van der Waals surface area contributed by atoms with Crippen LogP contribution in [0.25, 0.3) is 0 Å². The Bertz CT molecular complexity index is 1230. The molecule has 33 heavy (non-hydrogen) atoms. The quantitative estimate of drug-likeness (QED) is 0.0846. The van der Waals surface area contributed by atoms with E-state index in [1.807, 2.05) is 30.3 Å². The lowest BCUT2D eigenvalue weighted by Gasteiger charge is -2.33. The Morgan fingerprint density at radius 1 is 1.18 bits per heavy atom. The maximum Gasteiger partial charge on any atom is 0.397 e. The summed E-state index contributed by atoms with van der Waals surface area (Å²) in [5, 5.41) is 12.0. The van der Waals surface area contributed by atoms with Gasteiger partial charge in [0.05, 0.1) is 14.1 Å². The second kappa shape index (κ2) is 9.52. The van der Waals surface area contributed by atoms with Crippen LogP contribution >= 0.6 is 34.2 Å². The molecule has 1 heterocycles. The van der Waals surface area contributed by atoms with E-state index in [0.717, 1.165) is 5.56 Å². The van der Waals surface area contributed by atoms with Gasteiger partial charge in [0.15, 0.2) is 0 Å². The van der Waals surface area contributed by atoms with Gasteiger partial charge < -0.3 is 9.47 Å². The molecule has 0 aromatic heterocycles. The summed E-state index contributed by atoms with van der Waals surface area (Å²) in [5.41, 5.74) is 2.22. The van der Waals surface area contributed by atoms with Crippen molar-refractivity contribution in [2.45, 2.75) is 24.1 Å². The van der Waals surface area contributed by atoms with Gasteiger partial charge in [0.2, 0.25) is 6.10 Å². The first-order chi connectivity index (χ1) is 15.9. The lowest BCUT2D eigenvalue weighted by molar-refractivity contribution is -0.536. The molecular weight excluding hydrogens is 557 g/mol. The first kappa shape index (κ1) is 23.3. The molecular formula is C25H19ClINO5. The molecule has 0 N–H and O–H groups in total. The Hall–Kier alpha value is -2.91. The zero-order chi connectivity index (χ0) is 23.6. The smallest absolute Gasteiger partial charge is 0.397 e. The van der Waals surface area contributed by atoms with Gasteiger partial charge in [0, 0.05) is 5.56 Å². The highest BCUT2D eigenvalue weighted by Crippen LogP contribution is 2.47. The number of Topliss-reactive ketones (excluding diaryl/α,β-unsaturated/α-hetero) is 1. The van der Waals surface area contributed by atoms with E-state index in [1.54, 1.807) is 36.4 Å². The summed E-state index contributed by atoms with van der Waals surface area (Å²) >= 11 is 8.51. The summed E-state index contributed by atoms with van der Waals surface area (Å²) in [4.78, 5) is 22.0. The Morgan fingerprint density at radius 2 is 1.94 bits per heavy atom. The Balaban J connectivity index is 1.70. The van der Waals surface area contributed by atoms with Gasteiger partial charge in [-0.15, -0.1) is 6.58 Å². The number of benzene rings is 3. The predicted octanol–water partition coefficient (Wildman–Crippen LogP) is 6.13. The maximum absolute atomic E-state index is 13.2. The fraction of sp³-hybridized carbons (Fsp3) is 0.160. The van der Waals surface area contributed by atoms with Crippen LogP contribution in [0.5, 0.6) is 11.5 Å². The van der Waals surface area contributed by atoms with Crippen molar-refractivity contribution in [2.75, 3.05) is 0 Å². The van der Waals surface area contributed by atoms with Crippen LogP contribution < -0.4 is 9.47 Å². The van der Waals surface area contributed by atoms with Crippen LogP contribution in [0, 0.1) is 13.7 Å². The molecule has 0 aliphatic carbocycles. The average Bonchev–Trinajstić information content (AvgIpc) is 2.81. The number of nitro groups is 1. The highest BCUT2D eigenvalue weighted by atomic mass is 127. The van der Waals surface area contributed by atoms with Crippen molar-refractivity contribution in [3.8, 4) is 11.5 Å². The third-order valence-electron chi connectivity index (χ3n) is 5.37. The number of hydrogen-bond acceptors (Lipinski definition) is 5. The fourth-order valence-corrected chi connectivity index (χ4v) is 4.69. The molecule has 0 spiro atoms. The molecule has 0 saturated carbocycles. The van der Waals surface area contributed by atoms with E-state index in [0.29, 0.717) is 39.2 Å². The molecule has 0 bridgehead atoms. The van der Waals surface area contributed by atoms with Gasteiger partial charge in [0.25, 0.3) is 5.78 Å². The van der Waals surface area contributed by atoms with Crippen LogP contribution in [0.3, 0.4) is 0 Å². The van der Waals surface area contributed by atoms with E-state index in [4.69, 9.17) is 21.1 Å². The van der Waals surface area contributed by atoms with E-state index >= 15 is 0 Å². The summed E-state index contributed by atoms with van der Waals surface area (Å²) in [6.07, 6.45) is 0.800. The molecule has 0 amide bonds. The van der Waals surface area contributed by atoms with Gasteiger partial charge in [-0.05, 0) is 69.9 Å². The molecule has 3 aromatic carbocycles. The molecule has 1 aliphatic rings. The number of ether oxygens (including phenoxy) is 2. The number of halogens is 2. The molecule has 2 atom stereocenters. The van der Waals surface area contributed by atoms with Crippen molar-refractivity contribution < 1.29 is 19.2 Å². The SMILES string of the molecule is C=CCc1cccc2c1OC(c1ccc(OCc3ccccc3)c(I)c1)C(Cl)([N+](=O)[O-])C2=O. The molecule has 0 fully saturated rings. The van der Waals surface area contributed by atoms with Crippen LogP contribution in [0.4, 0.5) is 0 Å². The number of alkyl halides is 1. The second-order valence-electron chi connectivity index (χ2n) is 7.51. The zero-order valence-corrected chi connectivity index (χ0v) is 20.3. The Labute approximate surface area is 209 Å². The maximum atomic E-state index is 13.2. The lowest BCUT2D eigenvalue weighted by Crippen LogP contribution is -2.51. The van der Waals surface area contributed by atoms with Crippen molar-refractivity contribution in [1.82, 2.24) is 0 Å². The minimum absolute atomic E-state index is 0.0924. The molecule has 3 aromatic rings. The largest absolute Gasteiger partial charge is 0.488 e. The first-order valence-electron chi connectivity index (χ1n) is 10.1. The molecule has 0 saturated heterocycles. The summed E-state index contributed by atoms with van der Waals surface area (Å²) in [5.74, 6) is 0.107.